The van der Waals surface area contributed by atoms with E-state index in [1.165, 1.54) is 26.7 Å². The third-order valence-electron chi connectivity index (χ3n) is 4.45. The number of rotatable bonds is 3. The van der Waals surface area contributed by atoms with E-state index in [0.717, 1.165) is 0 Å². The third kappa shape index (κ3) is 6.76. The Morgan fingerprint density at radius 1 is 0.633 bits per heavy atom. The van der Waals surface area contributed by atoms with Gasteiger partial charge in [-0.3, -0.25) is 0 Å². The van der Waals surface area contributed by atoms with Crippen LogP contribution in [0.1, 0.15) is 0 Å². The van der Waals surface area contributed by atoms with E-state index in [0.29, 0.717) is 0 Å². The van der Waals surface area contributed by atoms with Crippen LogP contribution < -0.4 is 15.9 Å². The fraction of sp³-hybridized carbons (Fsp3) is 0. The van der Waals surface area contributed by atoms with Gasteiger partial charge in [-0.2, -0.15) is 24.3 Å². The molecule has 0 nitrogen and oxygen atoms in total. The predicted molar refractivity (Wildman–Crippen MR) is 132 cm³/mol. The van der Waals surface area contributed by atoms with E-state index in [9.17, 15) is 0 Å². The van der Waals surface area contributed by atoms with Gasteiger partial charge in [0.2, 0.25) is 0 Å². The molecule has 0 aliphatic carbocycles. The smallest absolute Gasteiger partial charge is 0.0166 e. The Morgan fingerprint density at radius 2 is 1.13 bits per heavy atom. The SMILES string of the molecule is [Cl][Zr+2][Cl].c1cc[cH-]c1.c1ccc(P(c2ccccc2)c2cc3ccccc3[cH-]2)cc1. The van der Waals surface area contributed by atoms with Crippen LogP contribution in [0.15, 0.2) is 127 Å². The van der Waals surface area contributed by atoms with Gasteiger partial charge in [-0.15, -0.1) is 40.3 Å². The first-order valence-electron chi connectivity index (χ1n) is 9.52. The average molecular weight is 527 g/mol. The first kappa shape index (κ1) is 23.2. The van der Waals surface area contributed by atoms with Crippen LogP contribution >= 0.6 is 24.9 Å². The zero-order valence-corrected chi connectivity index (χ0v) is 21.2. The van der Waals surface area contributed by atoms with Gasteiger partial charge in [0.25, 0.3) is 0 Å². The van der Waals surface area contributed by atoms with E-state index in [-0.39, 0.29) is 0 Å². The molecule has 0 heterocycles. The molecule has 5 rings (SSSR count). The van der Waals surface area contributed by atoms with Crippen molar-refractivity contribution in [1.82, 2.24) is 0 Å². The fourth-order valence-corrected chi connectivity index (χ4v) is 5.56. The summed E-state index contributed by atoms with van der Waals surface area (Å²) in [7, 11) is 9.37. The summed E-state index contributed by atoms with van der Waals surface area (Å²) >= 11 is -0.826. The normalized spacial score (nSPS) is 9.83. The van der Waals surface area contributed by atoms with Crippen molar-refractivity contribution in [2.75, 3.05) is 0 Å². The summed E-state index contributed by atoms with van der Waals surface area (Å²) in [6.45, 7) is 0. The Bertz CT molecular complexity index is 1000. The van der Waals surface area contributed by atoms with Crippen molar-refractivity contribution in [2.24, 2.45) is 0 Å². The molecule has 0 aliphatic rings. The van der Waals surface area contributed by atoms with Gasteiger partial charge in [0.05, 0.1) is 0 Å². The monoisotopic (exact) mass is 524 g/mol. The van der Waals surface area contributed by atoms with Crippen LogP contribution in [0.3, 0.4) is 0 Å². The second kappa shape index (κ2) is 13.0. The Balaban J connectivity index is 0.000000272. The standard InChI is InChI=1S/C21H16P.C5H5.2ClH.Zr/c1-3-11-19(12-4-1)22(20-13-5-2-6-14-20)21-15-17-9-7-8-10-18(17)16-21;1-2-4-5-3-1;;;/h1-16H;1-5H;2*1H;/q2*-1;;;+4/p-2. The molecule has 4 heteroatoms. The molecule has 5 aromatic rings. The molecule has 0 bridgehead atoms. The van der Waals surface area contributed by atoms with E-state index in [1.807, 2.05) is 30.3 Å². The number of hydrogen-bond acceptors (Lipinski definition) is 0. The zero-order chi connectivity index (χ0) is 21.0. The molecule has 0 aromatic heterocycles. The van der Waals surface area contributed by atoms with Gasteiger partial charge in [-0.25, -0.2) is 12.1 Å². The molecule has 0 radical (unpaired) electrons. The van der Waals surface area contributed by atoms with Gasteiger partial charge in [0, 0.05) is 0 Å². The molecule has 0 fully saturated rings. The maximum absolute atomic E-state index is 4.93. The topological polar surface area (TPSA) is 0 Å². The van der Waals surface area contributed by atoms with E-state index < -0.39 is 28.8 Å². The molecule has 0 atom stereocenters. The Labute approximate surface area is 198 Å². The van der Waals surface area contributed by atoms with Gasteiger partial charge >= 0.3 is 37.9 Å². The summed E-state index contributed by atoms with van der Waals surface area (Å²) in [4.78, 5) is 0. The second-order valence-electron chi connectivity index (χ2n) is 6.38. The van der Waals surface area contributed by atoms with E-state index in [4.69, 9.17) is 17.0 Å². The zero-order valence-electron chi connectivity index (χ0n) is 16.3. The van der Waals surface area contributed by atoms with Crippen molar-refractivity contribution in [3.63, 3.8) is 0 Å². The van der Waals surface area contributed by atoms with Gasteiger partial charge < -0.3 is 0 Å². The van der Waals surface area contributed by atoms with Crippen molar-refractivity contribution in [1.29, 1.82) is 0 Å². The quantitative estimate of drug-likeness (QED) is 0.174. The Kier molecular flexibility index (Phi) is 10.1. The average Bonchev–Trinajstić information content (AvgIpc) is 3.49. The summed E-state index contributed by atoms with van der Waals surface area (Å²) in [5.74, 6) is 0. The van der Waals surface area contributed by atoms with Crippen molar-refractivity contribution in [3.05, 3.63) is 127 Å². The van der Waals surface area contributed by atoms with Crippen LogP contribution in [0.2, 0.25) is 0 Å². The minimum absolute atomic E-state index is 0.493. The molecule has 0 unspecified atom stereocenters. The predicted octanol–water partition coefficient (Wildman–Crippen LogP) is 7.10. The van der Waals surface area contributed by atoms with Gasteiger partial charge in [0.15, 0.2) is 0 Å². The first-order chi connectivity index (χ1) is 14.8. The van der Waals surface area contributed by atoms with Crippen LogP contribution in [-0.2, 0) is 20.8 Å². The molecule has 30 heavy (non-hydrogen) atoms. The molecule has 5 aromatic carbocycles. The van der Waals surface area contributed by atoms with Crippen LogP contribution in [0, 0.1) is 0 Å². The van der Waals surface area contributed by atoms with Gasteiger partial charge in [0.1, 0.15) is 0 Å². The van der Waals surface area contributed by atoms with E-state index in [1.54, 1.807) is 0 Å². The molecule has 0 N–H and O–H groups in total. The summed E-state index contributed by atoms with van der Waals surface area (Å²) in [5.41, 5.74) is 0. The molecular weight excluding hydrogens is 505 g/mol. The number of halogens is 2. The molecular formula is C26H21Cl2PZr. The Morgan fingerprint density at radius 3 is 1.60 bits per heavy atom. The van der Waals surface area contributed by atoms with Crippen molar-refractivity contribution in [2.45, 2.75) is 0 Å². The van der Waals surface area contributed by atoms with Gasteiger partial charge in [-0.1, -0.05) is 66.7 Å². The Hall–Kier alpha value is -1.49. The summed E-state index contributed by atoms with van der Waals surface area (Å²) in [6.07, 6.45) is 0. The summed E-state index contributed by atoms with van der Waals surface area (Å²) in [6, 6.07) is 45.0. The largest absolute Gasteiger partial charge is 0.214 e. The van der Waals surface area contributed by atoms with Crippen LogP contribution in [0.5, 0.6) is 0 Å². The minimum Gasteiger partial charge on any atom is -0.214 e. The molecule has 148 valence electrons. The van der Waals surface area contributed by atoms with Crippen molar-refractivity contribution >= 4 is 51.6 Å². The van der Waals surface area contributed by atoms with E-state index >= 15 is 0 Å². The molecule has 0 amide bonds. The van der Waals surface area contributed by atoms with E-state index in [2.05, 4.69) is 97.1 Å². The van der Waals surface area contributed by atoms with Gasteiger partial charge in [-0.05, 0) is 18.5 Å². The summed E-state index contributed by atoms with van der Waals surface area (Å²) < 4.78 is 0. The first-order valence-corrected chi connectivity index (χ1v) is 17.2. The van der Waals surface area contributed by atoms with Crippen molar-refractivity contribution in [3.8, 4) is 0 Å². The number of fused-ring (bicyclic) bond motifs is 1. The third-order valence-corrected chi connectivity index (χ3v) is 6.85. The minimum atomic E-state index is -0.826. The molecule has 0 saturated heterocycles. The number of benzene rings is 3. The van der Waals surface area contributed by atoms with Crippen LogP contribution in [0.25, 0.3) is 10.8 Å². The van der Waals surface area contributed by atoms with Crippen LogP contribution in [0.4, 0.5) is 0 Å². The maximum atomic E-state index is 4.93. The maximum Gasteiger partial charge on any atom is -0.0166 e. The fourth-order valence-electron chi connectivity index (χ4n) is 3.19. The molecule has 0 aliphatic heterocycles. The summed E-state index contributed by atoms with van der Waals surface area (Å²) in [5, 5.41) is 6.89. The number of hydrogen-bond donors (Lipinski definition) is 0. The van der Waals surface area contributed by atoms with Crippen LogP contribution in [-0.4, -0.2) is 0 Å². The molecule has 0 spiro atoms. The second-order valence-corrected chi connectivity index (χ2v) is 12.3. The van der Waals surface area contributed by atoms with Crippen molar-refractivity contribution < 1.29 is 20.8 Å². The molecule has 0 saturated carbocycles.